The highest BCUT2D eigenvalue weighted by molar-refractivity contribution is 6.04. The molecule has 1 saturated heterocycles. The van der Waals surface area contributed by atoms with Crippen LogP contribution in [0.3, 0.4) is 0 Å². The van der Waals surface area contributed by atoms with Gasteiger partial charge in [0, 0.05) is 31.4 Å². The third-order valence-corrected chi connectivity index (χ3v) is 5.84. The molecular formula is C27H36FN3O4. The van der Waals surface area contributed by atoms with Crippen LogP contribution >= 0.6 is 0 Å². The summed E-state index contributed by atoms with van der Waals surface area (Å²) < 4.78 is 25.9. The number of hydrogen-bond donors (Lipinski definition) is 1. The lowest BCUT2D eigenvalue weighted by Crippen LogP contribution is -2.42. The van der Waals surface area contributed by atoms with Gasteiger partial charge in [0.05, 0.1) is 18.3 Å². The van der Waals surface area contributed by atoms with Crippen molar-refractivity contribution in [2.24, 2.45) is 0 Å². The number of nitrogens with one attached hydrogen (secondary N) is 1. The lowest BCUT2D eigenvalue weighted by atomic mass is 10.2. The lowest BCUT2D eigenvalue weighted by molar-refractivity contribution is 0.0237. The van der Waals surface area contributed by atoms with Crippen LogP contribution in [0.25, 0.3) is 0 Å². The van der Waals surface area contributed by atoms with Crippen LogP contribution in [0.4, 0.5) is 20.6 Å². The van der Waals surface area contributed by atoms with E-state index >= 15 is 0 Å². The van der Waals surface area contributed by atoms with Crippen molar-refractivity contribution in [1.29, 1.82) is 0 Å². The normalized spacial score (nSPS) is 15.6. The average Bonchev–Trinajstić information content (AvgIpc) is 3.29. The highest BCUT2D eigenvalue weighted by Gasteiger charge is 2.31. The summed E-state index contributed by atoms with van der Waals surface area (Å²) in [5, 5.41) is 2.64. The standard InChI is InChI=1S/C27H36FN3O4/c1-6-7-16-34-22-11-8-19(9-12-22)25(32)29-24-13-10-20(17-23(24)28)31-15-14-21(18-31)30(5)26(33)35-27(2,3)4/h8-13,17,21H,6-7,14-16,18H2,1-5H3,(H,29,32). The number of amides is 2. The quantitative estimate of drug-likeness (QED) is 0.486. The summed E-state index contributed by atoms with van der Waals surface area (Å²) in [6.07, 6.45) is 2.41. The second-order valence-corrected chi connectivity index (χ2v) is 9.82. The minimum absolute atomic E-state index is 0.0267. The molecule has 1 unspecified atom stereocenters. The maximum absolute atomic E-state index is 14.8. The molecule has 1 aliphatic heterocycles. The molecular weight excluding hydrogens is 449 g/mol. The molecule has 3 rings (SSSR count). The SMILES string of the molecule is CCCCOc1ccc(C(=O)Nc2ccc(N3CCC(N(C)C(=O)OC(C)(C)C)C3)cc2F)cc1. The molecule has 1 fully saturated rings. The number of rotatable bonds is 8. The van der Waals surface area contributed by atoms with E-state index in [1.807, 2.05) is 25.7 Å². The van der Waals surface area contributed by atoms with Crippen molar-refractivity contribution in [3.63, 3.8) is 0 Å². The van der Waals surface area contributed by atoms with Gasteiger partial charge in [-0.2, -0.15) is 0 Å². The van der Waals surface area contributed by atoms with Gasteiger partial charge in [-0.3, -0.25) is 4.79 Å². The fourth-order valence-corrected chi connectivity index (χ4v) is 3.81. The fourth-order valence-electron chi connectivity index (χ4n) is 3.81. The molecule has 1 heterocycles. The average molecular weight is 486 g/mol. The molecule has 0 radical (unpaired) electrons. The lowest BCUT2D eigenvalue weighted by Gasteiger charge is -2.29. The number of likely N-dealkylation sites (N-methyl/N-ethyl adjacent to an activating group) is 1. The molecule has 1 N–H and O–H groups in total. The first kappa shape index (κ1) is 26.3. The van der Waals surface area contributed by atoms with Gasteiger partial charge in [-0.15, -0.1) is 0 Å². The number of hydrogen-bond acceptors (Lipinski definition) is 5. The minimum atomic E-state index is -0.558. The van der Waals surface area contributed by atoms with Crippen molar-refractivity contribution < 1.29 is 23.5 Å². The van der Waals surface area contributed by atoms with E-state index in [9.17, 15) is 14.0 Å². The van der Waals surface area contributed by atoms with Gasteiger partial charge in [0.15, 0.2) is 0 Å². The number of halogens is 1. The summed E-state index contributed by atoms with van der Waals surface area (Å²) in [4.78, 5) is 28.6. The van der Waals surface area contributed by atoms with E-state index in [4.69, 9.17) is 9.47 Å². The van der Waals surface area contributed by atoms with Gasteiger partial charge in [0.25, 0.3) is 5.91 Å². The van der Waals surface area contributed by atoms with Crippen LogP contribution in [0.1, 0.15) is 57.3 Å². The molecule has 7 nitrogen and oxygen atoms in total. The highest BCUT2D eigenvalue weighted by Crippen LogP contribution is 2.27. The molecule has 2 amide bonds. The molecule has 0 saturated carbocycles. The number of benzene rings is 2. The predicted molar refractivity (Wildman–Crippen MR) is 136 cm³/mol. The van der Waals surface area contributed by atoms with Crippen LogP contribution in [0.2, 0.25) is 0 Å². The Morgan fingerprint density at radius 2 is 1.89 bits per heavy atom. The Bertz CT molecular complexity index is 1020. The summed E-state index contributed by atoms with van der Waals surface area (Å²) in [5.74, 6) is -0.205. The number of nitrogens with zero attached hydrogens (tertiary/aromatic N) is 2. The van der Waals surface area contributed by atoms with Gasteiger partial charge in [-0.1, -0.05) is 13.3 Å². The number of anilines is 2. The number of carbonyl (C=O) groups excluding carboxylic acids is 2. The molecule has 2 aromatic rings. The van der Waals surface area contributed by atoms with E-state index in [-0.39, 0.29) is 17.8 Å². The molecule has 35 heavy (non-hydrogen) atoms. The van der Waals surface area contributed by atoms with E-state index in [1.54, 1.807) is 48.3 Å². The summed E-state index contributed by atoms with van der Waals surface area (Å²) >= 11 is 0. The molecule has 8 heteroatoms. The van der Waals surface area contributed by atoms with Gasteiger partial charge in [-0.05, 0) is 76.1 Å². The summed E-state index contributed by atoms with van der Waals surface area (Å²) in [5.41, 5.74) is 0.680. The zero-order valence-electron chi connectivity index (χ0n) is 21.3. The maximum Gasteiger partial charge on any atom is 0.410 e. The van der Waals surface area contributed by atoms with Crippen LogP contribution in [-0.4, -0.2) is 55.3 Å². The van der Waals surface area contributed by atoms with Crippen LogP contribution in [0.15, 0.2) is 42.5 Å². The topological polar surface area (TPSA) is 71.1 Å². The van der Waals surface area contributed by atoms with Gasteiger partial charge < -0.3 is 24.6 Å². The smallest absolute Gasteiger partial charge is 0.410 e. The van der Waals surface area contributed by atoms with E-state index in [2.05, 4.69) is 12.2 Å². The Morgan fingerprint density at radius 3 is 2.51 bits per heavy atom. The van der Waals surface area contributed by atoms with Crippen LogP contribution in [0.5, 0.6) is 5.75 Å². The third-order valence-electron chi connectivity index (χ3n) is 5.84. The first-order chi connectivity index (χ1) is 16.6. The zero-order chi connectivity index (χ0) is 25.6. The molecule has 1 aliphatic rings. The molecule has 1 atom stereocenters. The van der Waals surface area contributed by atoms with Crippen LogP contribution in [-0.2, 0) is 4.74 Å². The maximum atomic E-state index is 14.8. The Balaban J connectivity index is 1.58. The Hall–Kier alpha value is -3.29. The number of ether oxygens (including phenoxy) is 2. The van der Waals surface area contributed by atoms with Crippen molar-refractivity contribution in [3.8, 4) is 5.75 Å². The van der Waals surface area contributed by atoms with Crippen LogP contribution in [0, 0.1) is 5.82 Å². The fraction of sp³-hybridized carbons (Fsp3) is 0.481. The predicted octanol–water partition coefficient (Wildman–Crippen LogP) is 5.70. The molecule has 0 bridgehead atoms. The third kappa shape index (κ3) is 7.34. The largest absolute Gasteiger partial charge is 0.494 e. The Labute approximate surface area is 207 Å². The van der Waals surface area contributed by atoms with Crippen molar-refractivity contribution in [2.75, 3.05) is 37.0 Å². The summed E-state index contributed by atoms with van der Waals surface area (Å²) in [6.45, 7) is 9.50. The van der Waals surface area contributed by atoms with E-state index < -0.39 is 17.3 Å². The number of carbonyl (C=O) groups is 2. The van der Waals surface area contributed by atoms with E-state index in [0.29, 0.717) is 36.7 Å². The molecule has 0 spiro atoms. The van der Waals surface area contributed by atoms with Gasteiger partial charge in [-0.25, -0.2) is 9.18 Å². The summed E-state index contributed by atoms with van der Waals surface area (Å²) in [7, 11) is 1.73. The second-order valence-electron chi connectivity index (χ2n) is 9.82. The molecule has 2 aromatic carbocycles. The van der Waals surface area contributed by atoms with Crippen molar-refractivity contribution in [3.05, 3.63) is 53.8 Å². The van der Waals surface area contributed by atoms with Gasteiger partial charge in [0.1, 0.15) is 17.2 Å². The van der Waals surface area contributed by atoms with E-state index in [0.717, 1.165) is 19.3 Å². The molecule has 0 aliphatic carbocycles. The van der Waals surface area contributed by atoms with Crippen molar-refractivity contribution >= 4 is 23.4 Å². The minimum Gasteiger partial charge on any atom is -0.494 e. The molecule has 0 aromatic heterocycles. The van der Waals surface area contributed by atoms with Crippen molar-refractivity contribution in [1.82, 2.24) is 4.90 Å². The first-order valence-corrected chi connectivity index (χ1v) is 12.1. The summed E-state index contributed by atoms with van der Waals surface area (Å²) in [6, 6.07) is 11.5. The van der Waals surface area contributed by atoms with Gasteiger partial charge >= 0.3 is 6.09 Å². The second kappa shape index (κ2) is 11.4. The van der Waals surface area contributed by atoms with Crippen molar-refractivity contribution in [2.45, 2.75) is 58.6 Å². The zero-order valence-corrected chi connectivity index (χ0v) is 21.3. The molecule has 190 valence electrons. The number of unbranched alkanes of at least 4 members (excludes halogenated alkanes) is 1. The van der Waals surface area contributed by atoms with Gasteiger partial charge in [0.2, 0.25) is 0 Å². The van der Waals surface area contributed by atoms with Crippen LogP contribution < -0.4 is 15.0 Å². The van der Waals surface area contributed by atoms with E-state index in [1.165, 1.54) is 6.07 Å². The highest BCUT2D eigenvalue weighted by atomic mass is 19.1. The Kier molecular flexibility index (Phi) is 8.59. The monoisotopic (exact) mass is 485 g/mol. The Morgan fingerprint density at radius 1 is 1.17 bits per heavy atom. The first-order valence-electron chi connectivity index (χ1n) is 12.1.